The molecule has 4 heteroatoms. The molecule has 15 heavy (non-hydrogen) atoms. The summed E-state index contributed by atoms with van der Waals surface area (Å²) in [5, 5.41) is 17.9. The van der Waals surface area contributed by atoms with E-state index in [2.05, 4.69) is 27.4 Å². The summed E-state index contributed by atoms with van der Waals surface area (Å²) < 4.78 is 0. The standard InChI is InChI=1S/C11H16N4/c1-11-8-4-2-6(12-14-8)10(11)7-3-5-9(11)15-13-7/h6-10H,2-5H2,1H3. The van der Waals surface area contributed by atoms with Gasteiger partial charge in [-0.1, -0.05) is 6.92 Å². The summed E-state index contributed by atoms with van der Waals surface area (Å²) in [6.45, 7) is 2.39. The number of azo groups is 2. The average Bonchev–Trinajstić information content (AvgIpc) is 2.31. The van der Waals surface area contributed by atoms with Crippen molar-refractivity contribution in [2.75, 3.05) is 0 Å². The van der Waals surface area contributed by atoms with Crippen LogP contribution in [0, 0.1) is 11.3 Å². The fraction of sp³-hybridized carbons (Fsp3) is 1.00. The van der Waals surface area contributed by atoms with E-state index in [1.807, 2.05) is 0 Å². The second-order valence-electron chi connectivity index (χ2n) is 5.67. The van der Waals surface area contributed by atoms with Crippen molar-refractivity contribution in [2.45, 2.75) is 56.8 Å². The van der Waals surface area contributed by atoms with Gasteiger partial charge in [0.15, 0.2) is 0 Å². The van der Waals surface area contributed by atoms with Gasteiger partial charge in [-0.3, -0.25) is 0 Å². The predicted octanol–water partition coefficient (Wildman–Crippen LogP) is 2.60. The third-order valence-electron chi connectivity index (χ3n) is 5.16. The lowest BCUT2D eigenvalue weighted by Crippen LogP contribution is -2.63. The van der Waals surface area contributed by atoms with Crippen LogP contribution in [0.15, 0.2) is 20.5 Å². The lowest BCUT2D eigenvalue weighted by molar-refractivity contribution is -0.0487. The zero-order valence-electron chi connectivity index (χ0n) is 9.00. The van der Waals surface area contributed by atoms with Crippen molar-refractivity contribution in [1.82, 2.24) is 0 Å². The van der Waals surface area contributed by atoms with Crippen LogP contribution in [-0.4, -0.2) is 24.2 Å². The highest BCUT2D eigenvalue weighted by Crippen LogP contribution is 2.58. The minimum atomic E-state index is 0.287. The molecule has 0 aromatic heterocycles. The molecule has 4 unspecified atom stereocenters. The number of nitrogens with zero attached hydrogens (tertiary/aromatic N) is 4. The minimum absolute atomic E-state index is 0.287. The molecule has 4 nitrogen and oxygen atoms in total. The zero-order valence-corrected chi connectivity index (χ0v) is 9.00. The fourth-order valence-electron chi connectivity index (χ4n) is 4.35. The van der Waals surface area contributed by atoms with Crippen molar-refractivity contribution >= 4 is 0 Å². The largest absolute Gasteiger partial charge is 0.190 e. The van der Waals surface area contributed by atoms with E-state index in [1.54, 1.807) is 0 Å². The van der Waals surface area contributed by atoms with Crippen molar-refractivity contribution in [2.24, 2.45) is 31.8 Å². The van der Waals surface area contributed by atoms with Gasteiger partial charge < -0.3 is 0 Å². The monoisotopic (exact) mass is 204 g/mol. The lowest BCUT2D eigenvalue weighted by Gasteiger charge is -2.59. The number of hydrogen-bond acceptors (Lipinski definition) is 4. The first-order valence-corrected chi connectivity index (χ1v) is 6.10. The summed E-state index contributed by atoms with van der Waals surface area (Å²) >= 11 is 0. The lowest BCUT2D eigenvalue weighted by atomic mass is 9.52. The van der Waals surface area contributed by atoms with Gasteiger partial charge in [0.05, 0.1) is 24.2 Å². The molecular weight excluding hydrogens is 188 g/mol. The first kappa shape index (κ1) is 8.36. The Kier molecular flexibility index (Phi) is 1.38. The van der Waals surface area contributed by atoms with Gasteiger partial charge in [0.25, 0.3) is 0 Å². The van der Waals surface area contributed by atoms with Crippen LogP contribution >= 0.6 is 0 Å². The maximum absolute atomic E-state index is 4.50. The van der Waals surface area contributed by atoms with Gasteiger partial charge in [0.1, 0.15) is 0 Å². The van der Waals surface area contributed by atoms with E-state index in [-0.39, 0.29) is 5.41 Å². The third kappa shape index (κ3) is 0.810. The van der Waals surface area contributed by atoms with E-state index in [4.69, 9.17) is 0 Å². The first-order valence-electron chi connectivity index (χ1n) is 6.10. The molecule has 0 radical (unpaired) electrons. The number of hydrogen-bond donors (Lipinski definition) is 0. The summed E-state index contributed by atoms with van der Waals surface area (Å²) in [5.41, 5.74) is 0.287. The molecule has 0 N–H and O–H groups in total. The molecule has 4 atom stereocenters. The van der Waals surface area contributed by atoms with Crippen molar-refractivity contribution in [1.29, 1.82) is 0 Å². The fourth-order valence-corrected chi connectivity index (χ4v) is 4.35. The van der Waals surface area contributed by atoms with Gasteiger partial charge >= 0.3 is 0 Å². The highest BCUT2D eigenvalue weighted by molar-refractivity contribution is 5.16. The second-order valence-corrected chi connectivity index (χ2v) is 5.67. The average molecular weight is 204 g/mol. The quantitative estimate of drug-likeness (QED) is 0.582. The van der Waals surface area contributed by atoms with Crippen LogP contribution < -0.4 is 0 Å². The molecule has 0 amide bonds. The summed E-state index contributed by atoms with van der Waals surface area (Å²) in [6.07, 6.45) is 4.90. The van der Waals surface area contributed by atoms with Gasteiger partial charge in [-0.05, 0) is 25.7 Å². The molecule has 2 aliphatic carbocycles. The molecule has 4 heterocycles. The molecule has 2 fully saturated rings. The van der Waals surface area contributed by atoms with Crippen LogP contribution in [0.2, 0.25) is 0 Å². The Morgan fingerprint density at radius 3 is 1.67 bits per heavy atom. The van der Waals surface area contributed by atoms with Gasteiger partial charge in [0.2, 0.25) is 0 Å². The van der Waals surface area contributed by atoms with E-state index in [0.717, 1.165) is 0 Å². The van der Waals surface area contributed by atoms with Crippen LogP contribution in [0.4, 0.5) is 0 Å². The maximum Gasteiger partial charge on any atom is 0.0788 e. The van der Waals surface area contributed by atoms with E-state index in [9.17, 15) is 0 Å². The van der Waals surface area contributed by atoms with Crippen molar-refractivity contribution < 1.29 is 0 Å². The van der Waals surface area contributed by atoms with E-state index >= 15 is 0 Å². The molecule has 0 aromatic rings. The van der Waals surface area contributed by atoms with Crippen LogP contribution in [0.3, 0.4) is 0 Å². The minimum Gasteiger partial charge on any atom is -0.190 e. The van der Waals surface area contributed by atoms with Gasteiger partial charge in [-0.15, -0.1) is 0 Å². The molecule has 80 valence electrons. The van der Waals surface area contributed by atoms with E-state index in [1.165, 1.54) is 25.7 Å². The predicted molar refractivity (Wildman–Crippen MR) is 54.9 cm³/mol. The topological polar surface area (TPSA) is 49.4 Å². The normalized spacial score (nSPS) is 59.7. The summed E-state index contributed by atoms with van der Waals surface area (Å²) in [5.74, 6) is 0.644. The number of fused-ring (bicyclic) bond motifs is 2. The molecule has 6 aliphatic rings. The van der Waals surface area contributed by atoms with E-state index in [0.29, 0.717) is 30.1 Å². The van der Waals surface area contributed by atoms with Crippen molar-refractivity contribution in [3.8, 4) is 0 Å². The number of rotatable bonds is 0. The van der Waals surface area contributed by atoms with Crippen molar-refractivity contribution in [3.63, 3.8) is 0 Å². The van der Waals surface area contributed by atoms with Crippen molar-refractivity contribution in [3.05, 3.63) is 0 Å². The van der Waals surface area contributed by atoms with Crippen LogP contribution in [0.1, 0.15) is 32.6 Å². The summed E-state index contributed by atoms with van der Waals surface area (Å²) in [7, 11) is 0. The molecular formula is C11H16N4. The molecule has 2 saturated carbocycles. The zero-order chi connectivity index (χ0) is 10.0. The Hall–Kier alpha value is -0.800. The Balaban J connectivity index is 1.89. The Morgan fingerprint density at radius 2 is 1.33 bits per heavy atom. The first-order chi connectivity index (χ1) is 7.30. The molecule has 0 aromatic carbocycles. The summed E-state index contributed by atoms with van der Waals surface area (Å²) in [4.78, 5) is 0. The molecule has 0 saturated heterocycles. The molecule has 4 aliphatic heterocycles. The van der Waals surface area contributed by atoms with Gasteiger partial charge in [-0.2, -0.15) is 20.5 Å². The van der Waals surface area contributed by atoms with E-state index < -0.39 is 0 Å². The Morgan fingerprint density at radius 1 is 0.800 bits per heavy atom. The van der Waals surface area contributed by atoms with Crippen LogP contribution in [0.25, 0.3) is 0 Å². The summed E-state index contributed by atoms with van der Waals surface area (Å²) in [6, 6.07) is 1.76. The molecule has 4 bridgehead atoms. The Bertz CT molecular complexity index is 332. The van der Waals surface area contributed by atoms with Gasteiger partial charge in [-0.25, -0.2) is 0 Å². The van der Waals surface area contributed by atoms with Crippen LogP contribution in [0.5, 0.6) is 0 Å². The van der Waals surface area contributed by atoms with Gasteiger partial charge in [0, 0.05) is 11.3 Å². The smallest absolute Gasteiger partial charge is 0.0788 e. The third-order valence-corrected chi connectivity index (χ3v) is 5.16. The Labute approximate surface area is 89.3 Å². The highest BCUT2D eigenvalue weighted by Gasteiger charge is 2.62. The highest BCUT2D eigenvalue weighted by atomic mass is 15.3. The second kappa shape index (κ2) is 2.47. The maximum atomic E-state index is 4.50. The molecule has 0 spiro atoms. The van der Waals surface area contributed by atoms with Crippen LogP contribution in [-0.2, 0) is 0 Å². The molecule has 6 rings (SSSR count). The SMILES string of the molecule is CC12C3CCC(N=N3)C1C1CCC2N=N1.